The number of carbonyl (C=O) groups excluding carboxylic acids is 1. The van der Waals surface area contributed by atoms with Crippen LogP contribution in [0.5, 0.6) is 0 Å². The van der Waals surface area contributed by atoms with Gasteiger partial charge in [0.05, 0.1) is 11.9 Å². The molecule has 1 aliphatic rings. The minimum atomic E-state index is -0.936. The number of benzene rings is 1. The standard InChI is InChI=1S/C16H17N3O3/c1-11-9-17-19(10-11)13-6-4-12(5-7-13)15(20)18-8-2-3-14(18)16(21)22/h4-7,9-10,14H,2-3,8H2,1H3,(H,21,22)/t14-/m1/s1. The normalized spacial score (nSPS) is 17.7. The first-order chi connectivity index (χ1) is 10.6. The molecule has 2 heterocycles. The molecule has 0 radical (unpaired) electrons. The van der Waals surface area contributed by atoms with Crippen LogP contribution in [0.2, 0.25) is 0 Å². The predicted octanol–water partition coefficient (Wildman–Crippen LogP) is 1.87. The molecule has 22 heavy (non-hydrogen) atoms. The minimum Gasteiger partial charge on any atom is -0.480 e. The van der Waals surface area contributed by atoms with Gasteiger partial charge >= 0.3 is 5.97 Å². The highest BCUT2D eigenvalue weighted by Crippen LogP contribution is 2.21. The van der Waals surface area contributed by atoms with Crippen LogP contribution in [0.15, 0.2) is 36.7 Å². The van der Waals surface area contributed by atoms with Crippen LogP contribution in [0.4, 0.5) is 0 Å². The molecule has 0 saturated carbocycles. The maximum atomic E-state index is 12.5. The van der Waals surface area contributed by atoms with E-state index in [-0.39, 0.29) is 5.91 Å². The summed E-state index contributed by atoms with van der Waals surface area (Å²) in [5.41, 5.74) is 2.42. The number of carboxylic acid groups (broad SMARTS) is 1. The summed E-state index contributed by atoms with van der Waals surface area (Å²) >= 11 is 0. The summed E-state index contributed by atoms with van der Waals surface area (Å²) in [4.78, 5) is 25.1. The van der Waals surface area contributed by atoms with Crippen molar-refractivity contribution in [3.05, 3.63) is 47.8 Å². The van der Waals surface area contributed by atoms with E-state index in [1.54, 1.807) is 23.0 Å². The first-order valence-corrected chi connectivity index (χ1v) is 7.22. The van der Waals surface area contributed by atoms with Crippen molar-refractivity contribution in [2.45, 2.75) is 25.8 Å². The Morgan fingerprint density at radius 1 is 1.27 bits per heavy atom. The van der Waals surface area contributed by atoms with Crippen molar-refractivity contribution in [1.29, 1.82) is 0 Å². The molecule has 0 bridgehead atoms. The molecule has 1 saturated heterocycles. The zero-order valence-corrected chi connectivity index (χ0v) is 12.3. The fourth-order valence-electron chi connectivity index (χ4n) is 2.74. The second-order valence-corrected chi connectivity index (χ2v) is 5.50. The zero-order valence-electron chi connectivity index (χ0n) is 12.3. The third-order valence-electron chi connectivity index (χ3n) is 3.89. The second-order valence-electron chi connectivity index (χ2n) is 5.50. The summed E-state index contributed by atoms with van der Waals surface area (Å²) in [7, 11) is 0. The minimum absolute atomic E-state index is 0.229. The highest BCUT2D eigenvalue weighted by molar-refractivity contribution is 5.97. The molecule has 0 spiro atoms. The van der Waals surface area contributed by atoms with E-state index in [1.165, 1.54) is 4.90 Å². The molecule has 1 aromatic carbocycles. The lowest BCUT2D eigenvalue weighted by molar-refractivity contribution is -0.141. The smallest absolute Gasteiger partial charge is 0.326 e. The molecule has 0 unspecified atom stereocenters. The van der Waals surface area contributed by atoms with Crippen molar-refractivity contribution in [3.63, 3.8) is 0 Å². The first-order valence-electron chi connectivity index (χ1n) is 7.22. The van der Waals surface area contributed by atoms with Crippen molar-refractivity contribution in [2.24, 2.45) is 0 Å². The molecule has 1 fully saturated rings. The average Bonchev–Trinajstić information content (AvgIpc) is 3.15. The molecule has 1 atom stereocenters. The quantitative estimate of drug-likeness (QED) is 0.938. The van der Waals surface area contributed by atoms with E-state index < -0.39 is 12.0 Å². The van der Waals surface area contributed by atoms with Gasteiger partial charge < -0.3 is 10.0 Å². The van der Waals surface area contributed by atoms with Gasteiger partial charge in [-0.15, -0.1) is 0 Å². The van der Waals surface area contributed by atoms with Gasteiger partial charge in [-0.05, 0) is 49.6 Å². The van der Waals surface area contributed by atoms with E-state index >= 15 is 0 Å². The molecule has 1 aliphatic heterocycles. The van der Waals surface area contributed by atoms with E-state index in [0.717, 1.165) is 17.7 Å². The molecule has 114 valence electrons. The fraction of sp³-hybridized carbons (Fsp3) is 0.312. The molecule has 6 heteroatoms. The number of hydrogen-bond donors (Lipinski definition) is 1. The highest BCUT2D eigenvalue weighted by atomic mass is 16.4. The van der Waals surface area contributed by atoms with Crippen LogP contribution >= 0.6 is 0 Å². The van der Waals surface area contributed by atoms with Crippen LogP contribution in [-0.4, -0.2) is 44.3 Å². The topological polar surface area (TPSA) is 75.4 Å². The molecule has 0 aliphatic carbocycles. The number of aryl methyl sites for hydroxylation is 1. The van der Waals surface area contributed by atoms with Gasteiger partial charge in [0.15, 0.2) is 0 Å². The van der Waals surface area contributed by atoms with Gasteiger partial charge in [0.1, 0.15) is 6.04 Å². The van der Waals surface area contributed by atoms with Gasteiger partial charge in [-0.3, -0.25) is 4.79 Å². The Labute approximate surface area is 128 Å². The lowest BCUT2D eigenvalue weighted by Crippen LogP contribution is -2.40. The molecule has 3 rings (SSSR count). The maximum absolute atomic E-state index is 12.5. The summed E-state index contributed by atoms with van der Waals surface area (Å²) in [6.07, 6.45) is 4.91. The molecule has 2 aromatic rings. The van der Waals surface area contributed by atoms with Crippen LogP contribution in [0.3, 0.4) is 0 Å². The maximum Gasteiger partial charge on any atom is 0.326 e. The molecule has 1 N–H and O–H groups in total. The Kier molecular flexibility index (Phi) is 3.66. The van der Waals surface area contributed by atoms with Gasteiger partial charge in [-0.25, -0.2) is 9.48 Å². The number of likely N-dealkylation sites (tertiary alicyclic amines) is 1. The molecule has 1 aromatic heterocycles. The van der Waals surface area contributed by atoms with E-state index in [4.69, 9.17) is 5.11 Å². The summed E-state index contributed by atoms with van der Waals surface area (Å²) in [5, 5.41) is 13.4. The predicted molar refractivity (Wildman–Crippen MR) is 80.0 cm³/mol. The van der Waals surface area contributed by atoms with Crippen LogP contribution in [0, 0.1) is 6.92 Å². The number of nitrogens with zero attached hydrogens (tertiary/aromatic N) is 3. The SMILES string of the molecule is Cc1cnn(-c2ccc(C(=O)N3CCC[C@@H]3C(=O)O)cc2)c1. The Morgan fingerprint density at radius 3 is 2.59 bits per heavy atom. The lowest BCUT2D eigenvalue weighted by Gasteiger charge is -2.21. The van der Waals surface area contributed by atoms with Gasteiger partial charge in [0.25, 0.3) is 5.91 Å². The largest absolute Gasteiger partial charge is 0.480 e. The number of hydrogen-bond acceptors (Lipinski definition) is 3. The van der Waals surface area contributed by atoms with Gasteiger partial charge in [-0.1, -0.05) is 0 Å². The van der Waals surface area contributed by atoms with Crippen molar-refractivity contribution >= 4 is 11.9 Å². The number of rotatable bonds is 3. The number of aliphatic carboxylic acids is 1. The third-order valence-corrected chi connectivity index (χ3v) is 3.89. The summed E-state index contributed by atoms with van der Waals surface area (Å²) in [6.45, 7) is 2.46. The van der Waals surface area contributed by atoms with Crippen LogP contribution < -0.4 is 0 Å². The van der Waals surface area contributed by atoms with E-state index in [2.05, 4.69) is 5.10 Å². The van der Waals surface area contributed by atoms with E-state index in [0.29, 0.717) is 18.5 Å². The number of aromatic nitrogens is 2. The third kappa shape index (κ3) is 2.59. The number of carbonyl (C=O) groups is 2. The summed E-state index contributed by atoms with van der Waals surface area (Å²) in [5.74, 6) is -1.16. The average molecular weight is 299 g/mol. The monoisotopic (exact) mass is 299 g/mol. The summed E-state index contributed by atoms with van der Waals surface area (Å²) in [6, 6.07) is 6.34. The Morgan fingerprint density at radius 2 is 2.00 bits per heavy atom. The number of carboxylic acids is 1. The van der Waals surface area contributed by atoms with Crippen molar-refractivity contribution in [1.82, 2.24) is 14.7 Å². The Balaban J connectivity index is 1.80. The Bertz CT molecular complexity index is 706. The fourth-order valence-corrected chi connectivity index (χ4v) is 2.74. The molecular formula is C16H17N3O3. The van der Waals surface area contributed by atoms with Crippen LogP contribution in [0.25, 0.3) is 5.69 Å². The van der Waals surface area contributed by atoms with Crippen molar-refractivity contribution in [2.75, 3.05) is 6.54 Å². The van der Waals surface area contributed by atoms with Crippen molar-refractivity contribution < 1.29 is 14.7 Å². The van der Waals surface area contributed by atoms with Gasteiger partial charge in [0, 0.05) is 18.3 Å². The van der Waals surface area contributed by atoms with Crippen LogP contribution in [-0.2, 0) is 4.79 Å². The first kappa shape index (κ1) is 14.3. The zero-order chi connectivity index (χ0) is 15.7. The van der Waals surface area contributed by atoms with E-state index in [9.17, 15) is 9.59 Å². The molecule has 6 nitrogen and oxygen atoms in total. The highest BCUT2D eigenvalue weighted by Gasteiger charge is 2.34. The van der Waals surface area contributed by atoms with E-state index in [1.807, 2.05) is 25.3 Å². The van der Waals surface area contributed by atoms with Crippen molar-refractivity contribution in [3.8, 4) is 5.69 Å². The van der Waals surface area contributed by atoms with Crippen LogP contribution in [0.1, 0.15) is 28.8 Å². The van der Waals surface area contributed by atoms with Gasteiger partial charge in [0.2, 0.25) is 0 Å². The van der Waals surface area contributed by atoms with Gasteiger partial charge in [-0.2, -0.15) is 5.10 Å². The Hall–Kier alpha value is -2.63. The number of amides is 1. The second kappa shape index (κ2) is 5.63. The molecular weight excluding hydrogens is 282 g/mol. The summed E-state index contributed by atoms with van der Waals surface area (Å²) < 4.78 is 1.74. The molecule has 1 amide bonds. The lowest BCUT2D eigenvalue weighted by atomic mass is 10.1.